The van der Waals surface area contributed by atoms with Crippen molar-refractivity contribution >= 4 is 32.5 Å². The lowest BCUT2D eigenvalue weighted by Crippen LogP contribution is -2.43. The Kier molecular flexibility index (Phi) is 4.44. The molecule has 1 aliphatic heterocycles. The Morgan fingerprint density at radius 1 is 1.20 bits per heavy atom. The van der Waals surface area contributed by atoms with Gasteiger partial charge in [0.1, 0.15) is 11.6 Å². The molecule has 1 aromatic carbocycles. The number of ether oxygens (including phenoxy) is 1. The quantitative estimate of drug-likeness (QED) is 0.713. The molecule has 0 radical (unpaired) electrons. The van der Waals surface area contributed by atoms with Crippen molar-refractivity contribution in [1.29, 1.82) is 0 Å². The van der Waals surface area contributed by atoms with Crippen molar-refractivity contribution in [3.63, 3.8) is 0 Å². The number of benzene rings is 1. The maximum Gasteiger partial charge on any atom is 0.186 e. The summed E-state index contributed by atoms with van der Waals surface area (Å²) in [6.45, 7) is 2.05. The zero-order chi connectivity index (χ0) is 17.2. The average molecular weight is 354 g/mol. The van der Waals surface area contributed by atoms with E-state index in [0.29, 0.717) is 6.04 Å². The molecule has 0 N–H and O–H groups in total. The Morgan fingerprint density at radius 2 is 2.04 bits per heavy atom. The van der Waals surface area contributed by atoms with E-state index in [2.05, 4.69) is 34.0 Å². The molecular formula is C19H22N4OS. The smallest absolute Gasteiger partial charge is 0.186 e. The first kappa shape index (κ1) is 16.1. The maximum absolute atomic E-state index is 5.31. The summed E-state index contributed by atoms with van der Waals surface area (Å²) in [5.41, 5.74) is 1.05. The normalized spacial score (nSPS) is 15.5. The molecule has 1 aliphatic rings. The zero-order valence-electron chi connectivity index (χ0n) is 14.6. The van der Waals surface area contributed by atoms with E-state index >= 15 is 0 Å². The van der Waals surface area contributed by atoms with Crippen molar-refractivity contribution in [2.75, 3.05) is 37.0 Å². The molecular weight excluding hydrogens is 332 g/mol. The molecule has 4 rings (SSSR count). The molecule has 1 fully saturated rings. The molecule has 0 atom stereocenters. The molecule has 130 valence electrons. The number of piperidine rings is 1. The van der Waals surface area contributed by atoms with Gasteiger partial charge in [0, 0.05) is 32.4 Å². The van der Waals surface area contributed by atoms with Crippen molar-refractivity contribution in [3.8, 4) is 5.75 Å². The molecule has 2 aromatic heterocycles. The van der Waals surface area contributed by atoms with Gasteiger partial charge in [-0.15, -0.1) is 0 Å². The second-order valence-corrected chi connectivity index (χ2v) is 7.36. The van der Waals surface area contributed by atoms with Gasteiger partial charge in [0.25, 0.3) is 0 Å². The lowest BCUT2D eigenvalue weighted by atomic mass is 10.0. The van der Waals surface area contributed by atoms with Crippen LogP contribution >= 0.6 is 11.3 Å². The summed E-state index contributed by atoms with van der Waals surface area (Å²) < 4.78 is 6.50. The fourth-order valence-corrected chi connectivity index (χ4v) is 4.39. The molecule has 6 heteroatoms. The molecule has 0 bridgehead atoms. The van der Waals surface area contributed by atoms with Crippen molar-refractivity contribution in [2.45, 2.75) is 18.9 Å². The number of fused-ring (bicyclic) bond motifs is 1. The van der Waals surface area contributed by atoms with Crippen LogP contribution in [-0.2, 0) is 0 Å². The highest BCUT2D eigenvalue weighted by Crippen LogP contribution is 2.33. The predicted octanol–water partition coefficient (Wildman–Crippen LogP) is 3.81. The van der Waals surface area contributed by atoms with Crippen LogP contribution in [0.4, 0.5) is 10.9 Å². The minimum atomic E-state index is 0.528. The summed E-state index contributed by atoms with van der Waals surface area (Å²) in [7, 11) is 3.85. The van der Waals surface area contributed by atoms with Crippen LogP contribution in [0.5, 0.6) is 5.75 Å². The van der Waals surface area contributed by atoms with Crippen LogP contribution < -0.4 is 14.5 Å². The largest absolute Gasteiger partial charge is 0.497 e. The number of aromatic nitrogens is 2. The minimum absolute atomic E-state index is 0.528. The van der Waals surface area contributed by atoms with E-state index < -0.39 is 0 Å². The van der Waals surface area contributed by atoms with Gasteiger partial charge in [0.15, 0.2) is 5.13 Å². The summed E-state index contributed by atoms with van der Waals surface area (Å²) in [6, 6.07) is 12.7. The number of thiazole rings is 1. The van der Waals surface area contributed by atoms with Crippen LogP contribution in [0.3, 0.4) is 0 Å². The molecule has 1 saturated heterocycles. The van der Waals surface area contributed by atoms with Crippen LogP contribution in [0.1, 0.15) is 12.8 Å². The maximum atomic E-state index is 5.31. The number of pyridine rings is 1. The van der Waals surface area contributed by atoms with E-state index in [1.165, 1.54) is 4.70 Å². The Hall–Kier alpha value is -2.34. The van der Waals surface area contributed by atoms with Crippen LogP contribution in [0, 0.1) is 0 Å². The third-order valence-electron chi connectivity index (χ3n) is 4.88. The minimum Gasteiger partial charge on any atom is -0.497 e. The third-order valence-corrected chi connectivity index (χ3v) is 5.96. The topological polar surface area (TPSA) is 41.5 Å². The first-order chi connectivity index (χ1) is 12.2. The van der Waals surface area contributed by atoms with Gasteiger partial charge in [-0.1, -0.05) is 17.4 Å². The summed E-state index contributed by atoms with van der Waals surface area (Å²) in [5.74, 6) is 1.94. The van der Waals surface area contributed by atoms with Gasteiger partial charge in [-0.25, -0.2) is 9.97 Å². The number of nitrogens with zero attached hydrogens (tertiary/aromatic N) is 4. The van der Waals surface area contributed by atoms with Crippen LogP contribution in [0.25, 0.3) is 10.2 Å². The molecule has 0 spiro atoms. The second kappa shape index (κ2) is 6.88. The molecule has 3 heterocycles. The van der Waals surface area contributed by atoms with Gasteiger partial charge in [0.05, 0.1) is 17.3 Å². The van der Waals surface area contributed by atoms with E-state index in [0.717, 1.165) is 48.1 Å². The number of hydrogen-bond acceptors (Lipinski definition) is 6. The standard InChI is InChI=1S/C19H22N4OS/c1-22(18-5-3-4-10-20-18)14-8-11-23(12-9-14)19-21-16-7-6-15(24-2)13-17(16)25-19/h3-7,10,13-14H,8-9,11-12H2,1-2H3. The van der Waals surface area contributed by atoms with Crippen molar-refractivity contribution in [2.24, 2.45) is 0 Å². The first-order valence-corrected chi connectivity index (χ1v) is 9.39. The van der Waals surface area contributed by atoms with Crippen molar-refractivity contribution in [3.05, 3.63) is 42.6 Å². The number of rotatable bonds is 4. The Labute approximate surface area is 151 Å². The second-order valence-electron chi connectivity index (χ2n) is 6.35. The molecule has 25 heavy (non-hydrogen) atoms. The van der Waals surface area contributed by atoms with E-state index in [1.54, 1.807) is 18.4 Å². The lowest BCUT2D eigenvalue weighted by Gasteiger charge is -2.37. The molecule has 5 nitrogen and oxygen atoms in total. The number of methoxy groups -OCH3 is 1. The van der Waals surface area contributed by atoms with E-state index in [4.69, 9.17) is 9.72 Å². The van der Waals surface area contributed by atoms with Gasteiger partial charge in [0.2, 0.25) is 0 Å². The highest BCUT2D eigenvalue weighted by atomic mass is 32.1. The molecule has 3 aromatic rings. The Balaban J connectivity index is 1.45. The highest BCUT2D eigenvalue weighted by Gasteiger charge is 2.25. The van der Waals surface area contributed by atoms with E-state index in [9.17, 15) is 0 Å². The van der Waals surface area contributed by atoms with Crippen molar-refractivity contribution in [1.82, 2.24) is 9.97 Å². The summed E-state index contributed by atoms with van der Waals surface area (Å²) in [4.78, 5) is 14.0. The summed E-state index contributed by atoms with van der Waals surface area (Å²) >= 11 is 1.75. The van der Waals surface area contributed by atoms with Crippen molar-refractivity contribution < 1.29 is 4.74 Å². The zero-order valence-corrected chi connectivity index (χ0v) is 15.4. The van der Waals surface area contributed by atoms with E-state index in [1.807, 2.05) is 30.5 Å². The highest BCUT2D eigenvalue weighted by molar-refractivity contribution is 7.22. The van der Waals surface area contributed by atoms with Crippen LogP contribution in [0.2, 0.25) is 0 Å². The lowest BCUT2D eigenvalue weighted by molar-refractivity contribution is 0.415. The van der Waals surface area contributed by atoms with Gasteiger partial charge in [-0.3, -0.25) is 0 Å². The Morgan fingerprint density at radius 3 is 2.76 bits per heavy atom. The van der Waals surface area contributed by atoms with Gasteiger partial charge in [-0.05, 0) is 43.2 Å². The van der Waals surface area contributed by atoms with Crippen LogP contribution in [-0.4, -0.2) is 43.3 Å². The number of hydrogen-bond donors (Lipinski definition) is 0. The SMILES string of the molecule is COc1ccc2nc(N3CCC(N(C)c4ccccn4)CC3)sc2c1. The molecule has 0 unspecified atom stereocenters. The monoisotopic (exact) mass is 354 g/mol. The van der Waals surface area contributed by atoms with Gasteiger partial charge >= 0.3 is 0 Å². The van der Waals surface area contributed by atoms with Crippen LogP contribution in [0.15, 0.2) is 42.6 Å². The number of anilines is 2. The van der Waals surface area contributed by atoms with E-state index in [-0.39, 0.29) is 0 Å². The van der Waals surface area contributed by atoms with Gasteiger partial charge in [-0.2, -0.15) is 0 Å². The third kappa shape index (κ3) is 3.26. The molecule has 0 saturated carbocycles. The first-order valence-electron chi connectivity index (χ1n) is 8.58. The summed E-state index contributed by atoms with van der Waals surface area (Å²) in [5, 5.41) is 1.11. The fourth-order valence-electron chi connectivity index (χ4n) is 3.35. The summed E-state index contributed by atoms with van der Waals surface area (Å²) in [6.07, 6.45) is 4.09. The fraction of sp³-hybridized carbons (Fsp3) is 0.368. The predicted molar refractivity (Wildman–Crippen MR) is 104 cm³/mol. The average Bonchev–Trinajstić information content (AvgIpc) is 3.11. The molecule has 0 aliphatic carbocycles. The Bertz CT molecular complexity index is 843. The van der Waals surface area contributed by atoms with Gasteiger partial charge < -0.3 is 14.5 Å². The molecule has 0 amide bonds.